The van der Waals surface area contributed by atoms with Crippen molar-refractivity contribution in [1.29, 1.82) is 0 Å². The maximum absolute atomic E-state index is 12.8. The molecule has 6 N–H and O–H groups in total. The highest BCUT2D eigenvalue weighted by Gasteiger charge is 2.51. The zero-order chi connectivity index (χ0) is 49.2. The molecule has 0 heterocycles. The van der Waals surface area contributed by atoms with Gasteiger partial charge in [0.25, 0.3) is 0 Å². The minimum Gasteiger partial charge on any atom is -0.462 e. The third-order valence-corrected chi connectivity index (χ3v) is 13.8. The summed E-state index contributed by atoms with van der Waals surface area (Å²) in [5.74, 6) is -1.14. The average molecular weight is 975 g/mol. The van der Waals surface area contributed by atoms with Crippen LogP contribution in [0.3, 0.4) is 0 Å². The number of phosphoric ester groups is 1. The number of unbranched alkanes of at least 4 members (excludes halogenated alkanes) is 30. The van der Waals surface area contributed by atoms with E-state index >= 15 is 0 Å². The Balaban J connectivity index is 2.36. The standard InChI is InChI=1S/C53H99O13P/c1-3-5-7-9-11-13-15-17-19-20-21-22-23-24-25-26-28-29-31-33-35-37-39-41-46(54)63-43-45(44-64-67(61,62)66-53-51(59)49(57)48(56)50(58)52(53)60)65-47(55)42-40-38-36-34-32-30-27-18-16-14-12-10-8-6-4-2/h30,32-33,35,45,48-53,56-60H,3-29,31,34,36-44H2,1-2H3,(H,61,62)/b32-30+,35-33+/t45-,48?,49-,50?,51?,52?,53?/m0/s1. The van der Waals surface area contributed by atoms with Gasteiger partial charge in [-0.3, -0.25) is 18.6 Å². The summed E-state index contributed by atoms with van der Waals surface area (Å²) in [6, 6.07) is 0. The fourth-order valence-corrected chi connectivity index (χ4v) is 9.38. The first-order chi connectivity index (χ1) is 32.4. The molecule has 1 rings (SSSR count). The number of allylic oxidation sites excluding steroid dienone is 4. The third kappa shape index (κ3) is 35.1. The fourth-order valence-electron chi connectivity index (χ4n) is 8.41. The monoisotopic (exact) mass is 975 g/mol. The van der Waals surface area contributed by atoms with E-state index in [1.165, 1.54) is 161 Å². The lowest BCUT2D eigenvalue weighted by atomic mass is 9.85. The number of aliphatic hydroxyl groups excluding tert-OH is 5. The van der Waals surface area contributed by atoms with E-state index in [1.54, 1.807) is 0 Å². The number of rotatable bonds is 46. The molecule has 6 unspecified atom stereocenters. The van der Waals surface area contributed by atoms with Gasteiger partial charge in [0.2, 0.25) is 0 Å². The Kier molecular flexibility index (Phi) is 40.8. The summed E-state index contributed by atoms with van der Waals surface area (Å²) in [7, 11) is -5.13. The molecule has 8 atom stereocenters. The number of hydrogen-bond acceptors (Lipinski definition) is 12. The first kappa shape index (κ1) is 63.3. The second-order valence-electron chi connectivity index (χ2n) is 19.1. The molecule has 394 valence electrons. The topological polar surface area (TPSA) is 210 Å². The highest BCUT2D eigenvalue weighted by atomic mass is 31.2. The summed E-state index contributed by atoms with van der Waals surface area (Å²) in [5.41, 5.74) is 0. The predicted molar refractivity (Wildman–Crippen MR) is 267 cm³/mol. The number of carbonyl (C=O) groups excluding carboxylic acids is 2. The van der Waals surface area contributed by atoms with E-state index in [-0.39, 0.29) is 12.8 Å². The average Bonchev–Trinajstić information content (AvgIpc) is 3.31. The van der Waals surface area contributed by atoms with Crippen LogP contribution in [0.25, 0.3) is 0 Å². The molecule has 13 nitrogen and oxygen atoms in total. The molecule has 0 radical (unpaired) electrons. The van der Waals surface area contributed by atoms with Crippen LogP contribution in [0.15, 0.2) is 24.3 Å². The Labute approximate surface area is 406 Å². The summed E-state index contributed by atoms with van der Waals surface area (Å²) in [6.45, 7) is 3.30. The molecule has 1 saturated carbocycles. The molecule has 0 bridgehead atoms. The molecular formula is C53H99O13P. The van der Waals surface area contributed by atoms with Crippen LogP contribution in [-0.2, 0) is 32.7 Å². The third-order valence-electron chi connectivity index (χ3n) is 12.8. The molecule has 1 aliphatic rings. The van der Waals surface area contributed by atoms with Gasteiger partial charge in [-0.1, -0.05) is 199 Å². The summed E-state index contributed by atoms with van der Waals surface area (Å²) >= 11 is 0. The largest absolute Gasteiger partial charge is 0.472 e. The van der Waals surface area contributed by atoms with Crippen LogP contribution in [0.4, 0.5) is 0 Å². The van der Waals surface area contributed by atoms with Gasteiger partial charge in [-0.05, 0) is 57.8 Å². The molecule has 0 spiro atoms. The lowest BCUT2D eigenvalue weighted by molar-refractivity contribution is -0.220. The van der Waals surface area contributed by atoms with Crippen LogP contribution >= 0.6 is 7.82 Å². The van der Waals surface area contributed by atoms with Gasteiger partial charge in [0, 0.05) is 12.8 Å². The lowest BCUT2D eigenvalue weighted by Crippen LogP contribution is -2.64. The van der Waals surface area contributed by atoms with Gasteiger partial charge in [-0.15, -0.1) is 0 Å². The van der Waals surface area contributed by atoms with E-state index in [4.69, 9.17) is 18.5 Å². The van der Waals surface area contributed by atoms with Crippen LogP contribution in [-0.4, -0.2) is 98.3 Å². The summed E-state index contributed by atoms with van der Waals surface area (Å²) in [6.07, 6.45) is 36.8. The normalized spacial score (nSPS) is 21.3. The first-order valence-corrected chi connectivity index (χ1v) is 28.6. The van der Waals surface area contributed by atoms with Crippen LogP contribution in [0.5, 0.6) is 0 Å². The van der Waals surface area contributed by atoms with Gasteiger partial charge in [-0.2, -0.15) is 0 Å². The van der Waals surface area contributed by atoms with E-state index in [0.29, 0.717) is 19.3 Å². The van der Waals surface area contributed by atoms with Crippen molar-refractivity contribution in [2.75, 3.05) is 13.2 Å². The maximum Gasteiger partial charge on any atom is 0.472 e. The molecule has 0 amide bonds. The van der Waals surface area contributed by atoms with Crippen molar-refractivity contribution in [3.05, 3.63) is 24.3 Å². The zero-order valence-electron chi connectivity index (χ0n) is 42.2. The second-order valence-corrected chi connectivity index (χ2v) is 20.5. The van der Waals surface area contributed by atoms with Gasteiger partial charge >= 0.3 is 19.8 Å². The van der Waals surface area contributed by atoms with E-state index in [1.807, 2.05) is 0 Å². The van der Waals surface area contributed by atoms with Crippen molar-refractivity contribution < 1.29 is 63.1 Å². The molecule has 0 saturated heterocycles. The number of carbonyl (C=O) groups is 2. The Morgan fingerprint density at radius 3 is 1.18 bits per heavy atom. The van der Waals surface area contributed by atoms with Gasteiger partial charge < -0.3 is 39.9 Å². The van der Waals surface area contributed by atoms with E-state index < -0.39 is 75.7 Å². The molecule has 0 aromatic carbocycles. The van der Waals surface area contributed by atoms with E-state index in [9.17, 15) is 44.6 Å². The second kappa shape index (κ2) is 43.1. The van der Waals surface area contributed by atoms with Crippen molar-refractivity contribution in [1.82, 2.24) is 0 Å². The highest BCUT2D eigenvalue weighted by Crippen LogP contribution is 2.47. The minimum absolute atomic E-state index is 0.0735. The molecule has 0 aromatic rings. The van der Waals surface area contributed by atoms with E-state index in [0.717, 1.165) is 38.5 Å². The SMILES string of the molecule is CCCCCCCCCC/C=C/CCCCCC(=O)O[C@@H](COC(=O)CCC/C=C/CCCCCCCCCCCCCCCCCCCC)COP(=O)(O)OC1C(O)C(O)C(O)[C@H](O)C1O. The first-order valence-electron chi connectivity index (χ1n) is 27.1. The van der Waals surface area contributed by atoms with Crippen LogP contribution in [0.2, 0.25) is 0 Å². The van der Waals surface area contributed by atoms with Crippen molar-refractivity contribution >= 4 is 19.8 Å². The summed E-state index contributed by atoms with van der Waals surface area (Å²) in [5, 5.41) is 50.3. The smallest absolute Gasteiger partial charge is 0.462 e. The molecule has 1 aliphatic carbocycles. The molecule has 1 fully saturated rings. The van der Waals surface area contributed by atoms with Crippen molar-refractivity contribution in [3.63, 3.8) is 0 Å². The fraction of sp³-hybridized carbons (Fsp3) is 0.887. The van der Waals surface area contributed by atoms with E-state index in [2.05, 4.69) is 38.2 Å². The number of phosphoric acid groups is 1. The summed E-state index contributed by atoms with van der Waals surface area (Å²) < 4.78 is 33.6. The molecule has 14 heteroatoms. The Bertz CT molecular complexity index is 1270. The van der Waals surface area contributed by atoms with Gasteiger partial charge in [0.15, 0.2) is 6.10 Å². The molecule has 0 aliphatic heterocycles. The minimum atomic E-state index is -5.13. The number of esters is 2. The van der Waals surface area contributed by atoms with Gasteiger partial charge in [-0.25, -0.2) is 4.57 Å². The predicted octanol–water partition coefficient (Wildman–Crippen LogP) is 12.0. The molecular weight excluding hydrogens is 876 g/mol. The van der Waals surface area contributed by atoms with Gasteiger partial charge in [0.05, 0.1) is 6.61 Å². The molecule has 0 aromatic heterocycles. The summed E-state index contributed by atoms with van der Waals surface area (Å²) in [4.78, 5) is 35.8. The lowest BCUT2D eigenvalue weighted by Gasteiger charge is -2.41. The molecule has 67 heavy (non-hydrogen) atoms. The maximum atomic E-state index is 12.8. The Morgan fingerprint density at radius 1 is 0.448 bits per heavy atom. The van der Waals surface area contributed by atoms with Crippen LogP contribution < -0.4 is 0 Å². The number of aliphatic hydroxyl groups is 5. The van der Waals surface area contributed by atoms with Crippen LogP contribution in [0.1, 0.15) is 245 Å². The number of ether oxygens (including phenoxy) is 2. The highest BCUT2D eigenvalue weighted by molar-refractivity contribution is 7.47. The van der Waals surface area contributed by atoms with Gasteiger partial charge in [0.1, 0.15) is 43.2 Å². The Morgan fingerprint density at radius 2 is 0.776 bits per heavy atom. The quantitative estimate of drug-likeness (QED) is 0.0145. The van der Waals surface area contributed by atoms with Crippen molar-refractivity contribution in [2.24, 2.45) is 0 Å². The van der Waals surface area contributed by atoms with Crippen molar-refractivity contribution in [2.45, 2.75) is 288 Å². The zero-order valence-corrected chi connectivity index (χ0v) is 43.1. The van der Waals surface area contributed by atoms with Crippen LogP contribution in [0, 0.1) is 0 Å². The number of hydrogen-bond donors (Lipinski definition) is 6. The Hall–Kier alpha value is -1.67. The van der Waals surface area contributed by atoms with Crippen molar-refractivity contribution in [3.8, 4) is 0 Å².